The molecule has 7 heteroatoms. The zero-order valence-electron chi connectivity index (χ0n) is 20.7. The zero-order chi connectivity index (χ0) is 26.1. The van der Waals surface area contributed by atoms with Gasteiger partial charge in [0.1, 0.15) is 5.75 Å². The van der Waals surface area contributed by atoms with Crippen molar-refractivity contribution in [3.8, 4) is 5.75 Å². The molecule has 1 amide bonds. The Bertz CT molecular complexity index is 1340. The van der Waals surface area contributed by atoms with Crippen LogP contribution in [-0.2, 0) is 34.5 Å². The number of carbonyl (C=O) groups excluding carboxylic acids is 1. The molecule has 0 aliphatic heterocycles. The van der Waals surface area contributed by atoms with E-state index in [4.69, 9.17) is 4.74 Å². The second-order valence-corrected chi connectivity index (χ2v) is 10.8. The van der Waals surface area contributed by atoms with E-state index >= 15 is 0 Å². The SMILES string of the molecule is CN(Cc1ccccc1)S(=O)(=O)c1ccc(OCC(=O)N(Cc2ccccc2)Cc2ccccc2)cc1. The van der Waals surface area contributed by atoms with E-state index in [2.05, 4.69) is 0 Å². The highest BCUT2D eigenvalue weighted by molar-refractivity contribution is 7.89. The predicted octanol–water partition coefficient (Wildman–Crippen LogP) is 5.12. The highest BCUT2D eigenvalue weighted by Gasteiger charge is 2.21. The van der Waals surface area contributed by atoms with E-state index in [1.54, 1.807) is 24.1 Å². The third-order valence-corrected chi connectivity index (χ3v) is 7.75. The summed E-state index contributed by atoms with van der Waals surface area (Å²) in [5.41, 5.74) is 2.96. The molecular weight excluding hydrogens is 484 g/mol. The Balaban J connectivity index is 1.39. The maximum absolute atomic E-state index is 13.1. The number of hydrogen-bond acceptors (Lipinski definition) is 4. The monoisotopic (exact) mass is 514 g/mol. The molecule has 0 saturated carbocycles. The first-order chi connectivity index (χ1) is 17.9. The van der Waals surface area contributed by atoms with Crippen molar-refractivity contribution in [3.63, 3.8) is 0 Å². The van der Waals surface area contributed by atoms with Crippen LogP contribution in [0.1, 0.15) is 16.7 Å². The van der Waals surface area contributed by atoms with E-state index in [-0.39, 0.29) is 24.0 Å². The maximum atomic E-state index is 13.1. The molecule has 0 bridgehead atoms. The lowest BCUT2D eigenvalue weighted by atomic mass is 10.1. The number of nitrogens with zero attached hydrogens (tertiary/aromatic N) is 2. The van der Waals surface area contributed by atoms with Gasteiger partial charge in [-0.15, -0.1) is 0 Å². The molecule has 0 radical (unpaired) electrons. The Hall–Kier alpha value is -3.94. The summed E-state index contributed by atoms with van der Waals surface area (Å²) in [6.07, 6.45) is 0. The quantitative estimate of drug-likeness (QED) is 0.279. The Labute approximate surface area is 218 Å². The van der Waals surface area contributed by atoms with Crippen LogP contribution >= 0.6 is 0 Å². The van der Waals surface area contributed by atoms with E-state index in [0.717, 1.165) is 16.7 Å². The van der Waals surface area contributed by atoms with Gasteiger partial charge in [-0.25, -0.2) is 8.42 Å². The molecule has 4 aromatic rings. The fourth-order valence-corrected chi connectivity index (χ4v) is 5.05. The first kappa shape index (κ1) is 26.1. The molecule has 0 spiro atoms. The molecule has 0 fully saturated rings. The minimum Gasteiger partial charge on any atom is -0.484 e. The summed E-state index contributed by atoms with van der Waals surface area (Å²) in [6.45, 7) is 1.04. The predicted molar refractivity (Wildman–Crippen MR) is 144 cm³/mol. The maximum Gasteiger partial charge on any atom is 0.261 e. The van der Waals surface area contributed by atoms with Gasteiger partial charge in [0.05, 0.1) is 4.90 Å². The largest absolute Gasteiger partial charge is 0.484 e. The van der Waals surface area contributed by atoms with E-state index in [0.29, 0.717) is 18.8 Å². The standard InChI is InChI=1S/C30H30N2O4S/c1-31(21-25-11-5-2-6-12-25)37(34,35)29-19-17-28(18-20-29)36-24-30(33)32(22-26-13-7-3-8-14-26)23-27-15-9-4-10-16-27/h2-20H,21-24H2,1H3. The molecule has 0 N–H and O–H groups in total. The van der Waals surface area contributed by atoms with Gasteiger partial charge in [-0.3, -0.25) is 4.79 Å². The van der Waals surface area contributed by atoms with Gasteiger partial charge >= 0.3 is 0 Å². The zero-order valence-corrected chi connectivity index (χ0v) is 21.6. The molecular formula is C30H30N2O4S. The normalized spacial score (nSPS) is 11.3. The fraction of sp³-hybridized carbons (Fsp3) is 0.167. The Morgan fingerprint density at radius 3 is 1.54 bits per heavy atom. The van der Waals surface area contributed by atoms with Gasteiger partial charge < -0.3 is 9.64 Å². The van der Waals surface area contributed by atoms with Gasteiger partial charge in [0.25, 0.3) is 5.91 Å². The average molecular weight is 515 g/mol. The lowest BCUT2D eigenvalue weighted by Gasteiger charge is -2.23. The number of rotatable bonds is 11. The highest BCUT2D eigenvalue weighted by atomic mass is 32.2. The van der Waals surface area contributed by atoms with E-state index < -0.39 is 10.0 Å². The summed E-state index contributed by atoms with van der Waals surface area (Å²) in [6, 6.07) is 35.2. The molecule has 0 aliphatic rings. The van der Waals surface area contributed by atoms with E-state index in [9.17, 15) is 13.2 Å². The van der Waals surface area contributed by atoms with Crippen LogP contribution in [0.5, 0.6) is 5.75 Å². The van der Waals surface area contributed by atoms with Crippen molar-refractivity contribution in [1.29, 1.82) is 0 Å². The lowest BCUT2D eigenvalue weighted by molar-refractivity contribution is -0.134. The third kappa shape index (κ3) is 7.29. The van der Waals surface area contributed by atoms with Gasteiger partial charge in [0.15, 0.2) is 6.61 Å². The van der Waals surface area contributed by atoms with Crippen LogP contribution in [0.2, 0.25) is 0 Å². The molecule has 0 aromatic heterocycles. The minimum atomic E-state index is -3.67. The fourth-order valence-electron chi connectivity index (χ4n) is 3.89. The van der Waals surface area contributed by atoms with Crippen LogP contribution in [0.4, 0.5) is 0 Å². The summed E-state index contributed by atoms with van der Waals surface area (Å²) in [5.74, 6) is 0.268. The smallest absolute Gasteiger partial charge is 0.261 e. The van der Waals surface area contributed by atoms with Crippen molar-refractivity contribution in [3.05, 3.63) is 132 Å². The third-order valence-electron chi connectivity index (χ3n) is 5.93. The Morgan fingerprint density at radius 2 is 1.08 bits per heavy atom. The van der Waals surface area contributed by atoms with Crippen molar-refractivity contribution in [2.24, 2.45) is 0 Å². The van der Waals surface area contributed by atoms with E-state index in [1.165, 1.54) is 16.4 Å². The van der Waals surface area contributed by atoms with Gasteiger partial charge in [-0.2, -0.15) is 4.31 Å². The summed E-state index contributed by atoms with van der Waals surface area (Å²) in [7, 11) is -2.11. The molecule has 37 heavy (non-hydrogen) atoms. The number of ether oxygens (including phenoxy) is 1. The number of hydrogen-bond donors (Lipinski definition) is 0. The lowest BCUT2D eigenvalue weighted by Crippen LogP contribution is -2.34. The van der Waals surface area contributed by atoms with Gasteiger partial charge in [0.2, 0.25) is 10.0 Å². The van der Waals surface area contributed by atoms with Crippen LogP contribution < -0.4 is 4.74 Å². The first-order valence-corrected chi connectivity index (χ1v) is 13.4. The average Bonchev–Trinajstić information content (AvgIpc) is 2.93. The molecule has 0 saturated heterocycles. The van der Waals surface area contributed by atoms with Crippen LogP contribution in [0.15, 0.2) is 120 Å². The van der Waals surface area contributed by atoms with Crippen LogP contribution in [0, 0.1) is 0 Å². The minimum absolute atomic E-state index is 0.153. The second-order valence-electron chi connectivity index (χ2n) is 8.73. The number of carbonyl (C=O) groups is 1. The molecule has 6 nitrogen and oxygen atoms in total. The van der Waals surface area contributed by atoms with Crippen molar-refractivity contribution < 1.29 is 17.9 Å². The molecule has 4 rings (SSSR count). The summed E-state index contributed by atoms with van der Waals surface area (Å²) >= 11 is 0. The van der Waals surface area contributed by atoms with Crippen LogP contribution in [0.3, 0.4) is 0 Å². The molecule has 0 unspecified atom stereocenters. The molecule has 0 atom stereocenters. The molecule has 0 heterocycles. The second kappa shape index (κ2) is 12.3. The van der Waals surface area contributed by atoms with E-state index in [1.807, 2.05) is 91.0 Å². The van der Waals surface area contributed by atoms with Crippen LogP contribution in [0.25, 0.3) is 0 Å². The van der Waals surface area contributed by atoms with Crippen LogP contribution in [-0.4, -0.2) is 37.2 Å². The molecule has 0 aliphatic carbocycles. The van der Waals surface area contributed by atoms with Crippen molar-refractivity contribution in [2.45, 2.75) is 24.5 Å². The summed E-state index contributed by atoms with van der Waals surface area (Å²) < 4.78 is 33.0. The molecule has 190 valence electrons. The summed E-state index contributed by atoms with van der Waals surface area (Å²) in [4.78, 5) is 15.0. The number of amides is 1. The Kier molecular flexibility index (Phi) is 8.72. The number of sulfonamides is 1. The highest BCUT2D eigenvalue weighted by Crippen LogP contribution is 2.21. The van der Waals surface area contributed by atoms with Gasteiger partial charge in [-0.1, -0.05) is 91.0 Å². The van der Waals surface area contributed by atoms with Crippen molar-refractivity contribution >= 4 is 15.9 Å². The van der Waals surface area contributed by atoms with Crippen molar-refractivity contribution in [1.82, 2.24) is 9.21 Å². The topological polar surface area (TPSA) is 66.9 Å². The first-order valence-electron chi connectivity index (χ1n) is 12.0. The van der Waals surface area contributed by atoms with Crippen molar-refractivity contribution in [2.75, 3.05) is 13.7 Å². The molecule has 4 aromatic carbocycles. The summed E-state index contributed by atoms with van der Waals surface area (Å²) in [5, 5.41) is 0. The van der Waals surface area contributed by atoms with Gasteiger partial charge in [0, 0.05) is 26.7 Å². The number of benzene rings is 4. The van der Waals surface area contributed by atoms with Gasteiger partial charge in [-0.05, 0) is 41.0 Å². The Morgan fingerprint density at radius 1 is 0.649 bits per heavy atom.